The molecule has 0 aliphatic heterocycles. The maximum atomic E-state index is 12.9. The van der Waals surface area contributed by atoms with Crippen LogP contribution in [-0.2, 0) is 22.1 Å². The molecular formula is C11H11F5N2O2. The second-order valence-electron chi connectivity index (χ2n) is 3.73. The van der Waals surface area contributed by atoms with E-state index in [1.807, 2.05) is 0 Å². The van der Waals surface area contributed by atoms with Gasteiger partial charge in [-0.1, -0.05) is 0 Å². The molecule has 1 rings (SSSR count). The van der Waals surface area contributed by atoms with Crippen molar-refractivity contribution in [1.82, 2.24) is 4.98 Å². The number of aromatic nitrogens is 1. The van der Waals surface area contributed by atoms with E-state index in [4.69, 9.17) is 5.73 Å². The zero-order valence-corrected chi connectivity index (χ0v) is 10.3. The van der Waals surface area contributed by atoms with Crippen LogP contribution in [0.1, 0.15) is 30.0 Å². The predicted molar refractivity (Wildman–Crippen MR) is 58.9 cm³/mol. The smallest absolute Gasteiger partial charge is 0.420 e. The van der Waals surface area contributed by atoms with Crippen molar-refractivity contribution in [2.75, 3.05) is 12.3 Å². The highest BCUT2D eigenvalue weighted by molar-refractivity contribution is 5.74. The largest absolute Gasteiger partial charge is 0.466 e. The molecule has 0 fully saturated rings. The molecule has 0 saturated heterocycles. The lowest BCUT2D eigenvalue weighted by Crippen LogP contribution is -2.19. The van der Waals surface area contributed by atoms with E-state index in [9.17, 15) is 26.7 Å². The summed E-state index contributed by atoms with van der Waals surface area (Å²) < 4.78 is 68.6. The molecule has 0 aromatic carbocycles. The minimum atomic E-state index is -5.00. The fraction of sp³-hybridized carbons (Fsp3) is 0.455. The van der Waals surface area contributed by atoms with Crippen LogP contribution in [0.2, 0.25) is 0 Å². The van der Waals surface area contributed by atoms with E-state index in [0.717, 1.165) is 0 Å². The summed E-state index contributed by atoms with van der Waals surface area (Å²) in [5, 5.41) is 0. The zero-order valence-electron chi connectivity index (χ0n) is 10.3. The van der Waals surface area contributed by atoms with Gasteiger partial charge in [-0.25, -0.2) is 13.8 Å². The molecule has 1 heterocycles. The number of halogens is 5. The molecular weight excluding hydrogens is 287 g/mol. The number of anilines is 1. The molecule has 1 aromatic heterocycles. The second-order valence-corrected chi connectivity index (χ2v) is 3.73. The summed E-state index contributed by atoms with van der Waals surface area (Å²) in [5.41, 5.74) is 1.68. The maximum Gasteiger partial charge on any atom is 0.420 e. The van der Waals surface area contributed by atoms with Crippen LogP contribution < -0.4 is 5.73 Å². The van der Waals surface area contributed by atoms with Gasteiger partial charge in [0.25, 0.3) is 6.43 Å². The average Bonchev–Trinajstić information content (AvgIpc) is 2.26. The number of pyridine rings is 1. The van der Waals surface area contributed by atoms with E-state index in [2.05, 4.69) is 9.72 Å². The topological polar surface area (TPSA) is 65.2 Å². The van der Waals surface area contributed by atoms with Crippen molar-refractivity contribution < 1.29 is 31.5 Å². The number of ether oxygens (including phenoxy) is 1. The molecule has 0 unspecified atom stereocenters. The number of nitrogens with zero attached hydrogens (tertiary/aromatic N) is 1. The van der Waals surface area contributed by atoms with Crippen LogP contribution in [0, 0.1) is 0 Å². The van der Waals surface area contributed by atoms with E-state index >= 15 is 0 Å². The lowest BCUT2D eigenvalue weighted by molar-refractivity contribution is -0.143. The number of esters is 1. The number of nitrogen functional groups attached to an aromatic ring is 1. The van der Waals surface area contributed by atoms with E-state index in [-0.39, 0.29) is 6.61 Å². The van der Waals surface area contributed by atoms with Crippen LogP contribution in [0.3, 0.4) is 0 Å². The third kappa shape index (κ3) is 3.55. The Kier molecular flexibility index (Phi) is 4.85. The minimum absolute atomic E-state index is 0.0786. The van der Waals surface area contributed by atoms with Crippen molar-refractivity contribution in [2.24, 2.45) is 0 Å². The molecule has 0 aliphatic rings. The van der Waals surface area contributed by atoms with Gasteiger partial charge in [-0.15, -0.1) is 0 Å². The summed E-state index contributed by atoms with van der Waals surface area (Å²) in [6, 6.07) is 0. The Balaban J connectivity index is 3.41. The third-order valence-corrected chi connectivity index (χ3v) is 2.39. The first-order chi connectivity index (χ1) is 9.18. The highest BCUT2D eigenvalue weighted by Crippen LogP contribution is 2.39. The van der Waals surface area contributed by atoms with Gasteiger partial charge >= 0.3 is 12.1 Å². The molecule has 0 amide bonds. The van der Waals surface area contributed by atoms with Crippen LogP contribution in [0.15, 0.2) is 6.20 Å². The molecule has 2 N–H and O–H groups in total. The summed E-state index contributed by atoms with van der Waals surface area (Å²) in [7, 11) is 0. The number of alkyl halides is 5. The molecule has 112 valence electrons. The van der Waals surface area contributed by atoms with Gasteiger partial charge in [0.2, 0.25) is 0 Å². The fourth-order valence-corrected chi connectivity index (χ4v) is 1.63. The molecule has 0 atom stereocenters. The first-order valence-corrected chi connectivity index (χ1v) is 5.46. The van der Waals surface area contributed by atoms with Gasteiger partial charge < -0.3 is 10.5 Å². The van der Waals surface area contributed by atoms with E-state index in [0.29, 0.717) is 6.20 Å². The third-order valence-electron chi connectivity index (χ3n) is 2.39. The molecule has 4 nitrogen and oxygen atoms in total. The number of rotatable bonds is 4. The molecule has 20 heavy (non-hydrogen) atoms. The van der Waals surface area contributed by atoms with Gasteiger partial charge in [-0.2, -0.15) is 13.2 Å². The summed E-state index contributed by atoms with van der Waals surface area (Å²) in [4.78, 5) is 14.4. The van der Waals surface area contributed by atoms with Crippen molar-refractivity contribution >= 4 is 11.8 Å². The van der Waals surface area contributed by atoms with Crippen LogP contribution in [-0.4, -0.2) is 17.6 Å². The molecule has 0 bridgehead atoms. The molecule has 0 radical (unpaired) electrons. The minimum Gasteiger partial charge on any atom is -0.466 e. The lowest BCUT2D eigenvalue weighted by Gasteiger charge is -2.17. The van der Waals surface area contributed by atoms with Crippen LogP contribution in [0.25, 0.3) is 0 Å². The molecule has 1 aromatic rings. The van der Waals surface area contributed by atoms with Crippen LogP contribution in [0.5, 0.6) is 0 Å². The monoisotopic (exact) mass is 298 g/mol. The van der Waals surface area contributed by atoms with Gasteiger partial charge in [0.05, 0.1) is 13.0 Å². The van der Waals surface area contributed by atoms with Gasteiger partial charge in [-0.3, -0.25) is 4.79 Å². The zero-order chi connectivity index (χ0) is 15.5. The predicted octanol–water partition coefficient (Wildman–Crippen LogP) is 2.73. The normalized spacial score (nSPS) is 11.8. The summed E-state index contributed by atoms with van der Waals surface area (Å²) in [6.07, 6.45) is -8.63. The van der Waals surface area contributed by atoms with Gasteiger partial charge in [0.15, 0.2) is 0 Å². The Bertz CT molecular complexity index is 502. The van der Waals surface area contributed by atoms with Crippen molar-refractivity contribution in [2.45, 2.75) is 25.9 Å². The van der Waals surface area contributed by atoms with Crippen LogP contribution in [0.4, 0.5) is 27.8 Å². The van der Waals surface area contributed by atoms with Crippen molar-refractivity contribution in [3.05, 3.63) is 22.9 Å². The van der Waals surface area contributed by atoms with Crippen molar-refractivity contribution in [1.29, 1.82) is 0 Å². The molecule has 0 spiro atoms. The second kappa shape index (κ2) is 6.02. The number of carbonyl (C=O) groups excluding carboxylic acids is 1. The number of hydrogen-bond donors (Lipinski definition) is 1. The van der Waals surface area contributed by atoms with Gasteiger partial charge in [-0.05, 0) is 12.5 Å². The number of carbonyl (C=O) groups is 1. The average molecular weight is 298 g/mol. The maximum absolute atomic E-state index is 12.9. The Labute approximate surface area is 110 Å². The fourth-order valence-electron chi connectivity index (χ4n) is 1.63. The molecule has 0 saturated carbocycles. The van der Waals surface area contributed by atoms with E-state index in [1.54, 1.807) is 0 Å². The van der Waals surface area contributed by atoms with Gasteiger partial charge in [0, 0.05) is 11.8 Å². The molecule has 9 heteroatoms. The van der Waals surface area contributed by atoms with Gasteiger partial charge in [0.1, 0.15) is 11.4 Å². The summed E-state index contributed by atoms with van der Waals surface area (Å²) >= 11 is 0. The standard InChI is InChI=1S/C11H11F5N2O2/c1-2-20-7(19)3-5-6(9(12)13)4-18-10(17)8(5)11(14,15)16/h4,9H,2-3H2,1H3,(H2,17,18). The highest BCUT2D eigenvalue weighted by atomic mass is 19.4. The Morgan fingerprint density at radius 3 is 2.50 bits per heavy atom. The van der Waals surface area contributed by atoms with E-state index < -0.39 is 47.5 Å². The summed E-state index contributed by atoms with van der Waals surface area (Å²) in [6.45, 7) is 1.36. The Morgan fingerprint density at radius 1 is 1.45 bits per heavy atom. The van der Waals surface area contributed by atoms with Crippen molar-refractivity contribution in [3.63, 3.8) is 0 Å². The SMILES string of the molecule is CCOC(=O)Cc1c(C(F)F)cnc(N)c1C(F)(F)F. The lowest BCUT2D eigenvalue weighted by atomic mass is 10.00. The van der Waals surface area contributed by atoms with E-state index in [1.165, 1.54) is 6.92 Å². The Morgan fingerprint density at radius 2 is 2.05 bits per heavy atom. The molecule has 0 aliphatic carbocycles. The summed E-state index contributed by atoms with van der Waals surface area (Å²) in [5.74, 6) is -2.01. The first kappa shape index (κ1) is 16.1. The quantitative estimate of drug-likeness (QED) is 0.685. The number of hydrogen-bond acceptors (Lipinski definition) is 4. The number of nitrogens with two attached hydrogens (primary N) is 1. The van der Waals surface area contributed by atoms with Crippen molar-refractivity contribution in [3.8, 4) is 0 Å². The van der Waals surface area contributed by atoms with Crippen LogP contribution >= 0.6 is 0 Å². The first-order valence-electron chi connectivity index (χ1n) is 5.46. The Hall–Kier alpha value is -1.93. The highest BCUT2D eigenvalue weighted by Gasteiger charge is 2.39.